The smallest absolute Gasteiger partial charge is 0.278 e. The zero-order valence-electron chi connectivity index (χ0n) is 16.0. The third kappa shape index (κ3) is 6.16. The van der Waals surface area contributed by atoms with Crippen LogP contribution in [0.25, 0.3) is 22.9 Å². The van der Waals surface area contributed by atoms with Gasteiger partial charge in [-0.15, -0.1) is 0 Å². The van der Waals surface area contributed by atoms with Crippen LogP contribution in [0.5, 0.6) is 0 Å². The van der Waals surface area contributed by atoms with E-state index in [1.54, 1.807) is 12.3 Å². The number of aryl methyl sites for hydroxylation is 1. The van der Waals surface area contributed by atoms with Crippen LogP contribution in [0, 0.1) is 12.9 Å². The molecule has 0 aliphatic carbocycles. The Balaban J connectivity index is 0.000000219. The van der Waals surface area contributed by atoms with E-state index in [1.807, 2.05) is 77.2 Å². The van der Waals surface area contributed by atoms with Gasteiger partial charge in [-0.3, -0.25) is 0 Å². The summed E-state index contributed by atoms with van der Waals surface area (Å²) in [4.78, 5) is 5.98. The Morgan fingerprint density at radius 2 is 1.19 bits per heavy atom. The van der Waals surface area contributed by atoms with Crippen LogP contribution in [0.3, 0.4) is 0 Å². The number of furan rings is 2. The summed E-state index contributed by atoms with van der Waals surface area (Å²) in [5.41, 5.74) is 1.81. The molecule has 0 saturated carbocycles. The van der Waals surface area contributed by atoms with Gasteiger partial charge in [0, 0.05) is 18.5 Å². The predicted molar refractivity (Wildman–Crippen MR) is 104 cm³/mol. The standard InChI is InChI=1S/C9H9NO.C8H6FNO.2C2H6/c1-7-4-5-9(11-7)8-3-2-6-10-8;9-8-4-3-7(11-8)6-2-1-5-10-6;2*1-2/h2-6,10H,1H3;1-5,10H;2*1-2H3. The molecule has 4 aromatic rings. The number of aromatic nitrogens is 2. The Bertz CT molecular complexity index is 742. The Hall–Kier alpha value is -2.95. The van der Waals surface area contributed by atoms with E-state index in [1.165, 1.54) is 6.07 Å². The SMILES string of the molecule is CC.CC.Cc1ccc(-c2ccc[nH]2)o1.Fc1ccc(-c2ccc[nH]2)o1. The lowest BCUT2D eigenvalue weighted by Gasteiger charge is -1.88. The average Bonchev–Trinajstić information content (AvgIpc) is 3.46. The Labute approximate surface area is 154 Å². The fourth-order valence-electron chi connectivity index (χ4n) is 2.01. The summed E-state index contributed by atoms with van der Waals surface area (Å²) in [6.45, 7) is 9.94. The minimum Gasteiger partial charge on any atom is -0.460 e. The van der Waals surface area contributed by atoms with E-state index in [-0.39, 0.29) is 0 Å². The van der Waals surface area contributed by atoms with Gasteiger partial charge >= 0.3 is 0 Å². The van der Waals surface area contributed by atoms with E-state index in [0.29, 0.717) is 5.76 Å². The molecule has 4 nitrogen and oxygen atoms in total. The van der Waals surface area contributed by atoms with Crippen LogP contribution >= 0.6 is 0 Å². The molecule has 0 radical (unpaired) electrons. The van der Waals surface area contributed by atoms with Crippen molar-refractivity contribution in [3.63, 3.8) is 0 Å². The second-order valence-electron chi connectivity index (χ2n) is 4.68. The number of hydrogen-bond acceptors (Lipinski definition) is 2. The Morgan fingerprint density at radius 1 is 0.692 bits per heavy atom. The largest absolute Gasteiger partial charge is 0.460 e. The van der Waals surface area contributed by atoms with Crippen LogP contribution in [0.2, 0.25) is 0 Å². The summed E-state index contributed by atoms with van der Waals surface area (Å²) >= 11 is 0. The van der Waals surface area contributed by atoms with E-state index in [0.717, 1.165) is 22.9 Å². The molecular formula is C21H27FN2O2. The molecule has 0 unspecified atom stereocenters. The predicted octanol–water partition coefficient (Wildman–Crippen LogP) is 7.05. The number of rotatable bonds is 2. The summed E-state index contributed by atoms with van der Waals surface area (Å²) in [6.07, 6.45) is 3.64. The third-order valence-corrected chi connectivity index (χ3v) is 3.04. The van der Waals surface area contributed by atoms with Crippen LogP contribution < -0.4 is 0 Å². The van der Waals surface area contributed by atoms with E-state index >= 15 is 0 Å². The molecule has 0 aliphatic rings. The lowest BCUT2D eigenvalue weighted by molar-refractivity contribution is 0.366. The highest BCUT2D eigenvalue weighted by Gasteiger charge is 2.03. The molecule has 0 fully saturated rings. The quantitative estimate of drug-likeness (QED) is 0.403. The van der Waals surface area contributed by atoms with Crippen LogP contribution in [0.1, 0.15) is 33.5 Å². The molecule has 0 aliphatic heterocycles. The topological polar surface area (TPSA) is 57.9 Å². The molecule has 5 heteroatoms. The van der Waals surface area contributed by atoms with E-state index in [4.69, 9.17) is 8.83 Å². The summed E-state index contributed by atoms with van der Waals surface area (Å²) in [6, 6.07) is 13.8. The van der Waals surface area contributed by atoms with Gasteiger partial charge in [0.25, 0.3) is 6.01 Å². The van der Waals surface area contributed by atoms with Gasteiger partial charge in [0.2, 0.25) is 0 Å². The maximum atomic E-state index is 12.3. The molecule has 0 amide bonds. The average molecular weight is 358 g/mol. The molecule has 0 spiro atoms. The highest BCUT2D eigenvalue weighted by atomic mass is 19.1. The normalized spacial score (nSPS) is 9.15. The zero-order chi connectivity index (χ0) is 19.4. The van der Waals surface area contributed by atoms with Crippen molar-refractivity contribution in [1.82, 2.24) is 9.97 Å². The molecule has 2 N–H and O–H groups in total. The van der Waals surface area contributed by atoms with Crippen molar-refractivity contribution < 1.29 is 13.2 Å². The highest BCUT2D eigenvalue weighted by Crippen LogP contribution is 2.19. The molecular weight excluding hydrogens is 331 g/mol. The van der Waals surface area contributed by atoms with Gasteiger partial charge in [0.15, 0.2) is 5.76 Å². The van der Waals surface area contributed by atoms with Crippen molar-refractivity contribution in [2.75, 3.05) is 0 Å². The number of halogens is 1. The molecule has 4 aromatic heterocycles. The molecule has 0 atom stereocenters. The summed E-state index contributed by atoms with van der Waals surface area (Å²) < 4.78 is 22.5. The number of nitrogens with one attached hydrogen (secondary N) is 2. The van der Waals surface area contributed by atoms with Gasteiger partial charge in [-0.1, -0.05) is 27.7 Å². The van der Waals surface area contributed by atoms with Crippen molar-refractivity contribution >= 4 is 0 Å². The van der Waals surface area contributed by atoms with E-state index in [9.17, 15) is 4.39 Å². The minimum atomic E-state index is -0.561. The number of hydrogen-bond donors (Lipinski definition) is 2. The van der Waals surface area contributed by atoms with Crippen LogP contribution in [-0.4, -0.2) is 9.97 Å². The third-order valence-electron chi connectivity index (χ3n) is 3.04. The van der Waals surface area contributed by atoms with Crippen molar-refractivity contribution in [1.29, 1.82) is 0 Å². The fourth-order valence-corrected chi connectivity index (χ4v) is 2.01. The maximum Gasteiger partial charge on any atom is 0.278 e. The monoisotopic (exact) mass is 358 g/mol. The van der Waals surface area contributed by atoms with Crippen molar-refractivity contribution in [2.24, 2.45) is 0 Å². The highest BCUT2D eigenvalue weighted by molar-refractivity contribution is 5.52. The van der Waals surface area contributed by atoms with Gasteiger partial charge in [-0.2, -0.15) is 4.39 Å². The first kappa shape index (κ1) is 21.1. The Morgan fingerprint density at radius 3 is 1.54 bits per heavy atom. The van der Waals surface area contributed by atoms with Crippen LogP contribution in [0.15, 0.2) is 69.8 Å². The van der Waals surface area contributed by atoms with Crippen LogP contribution in [0.4, 0.5) is 4.39 Å². The maximum absolute atomic E-state index is 12.3. The van der Waals surface area contributed by atoms with E-state index < -0.39 is 6.01 Å². The van der Waals surface area contributed by atoms with Gasteiger partial charge in [-0.25, -0.2) is 0 Å². The molecule has 4 rings (SSSR count). The van der Waals surface area contributed by atoms with Gasteiger partial charge < -0.3 is 18.8 Å². The van der Waals surface area contributed by atoms with E-state index in [2.05, 4.69) is 9.97 Å². The molecule has 140 valence electrons. The summed E-state index contributed by atoms with van der Waals surface area (Å²) in [7, 11) is 0. The lowest BCUT2D eigenvalue weighted by atomic mass is 10.3. The molecule has 26 heavy (non-hydrogen) atoms. The molecule has 0 aromatic carbocycles. The van der Waals surface area contributed by atoms with Crippen molar-refractivity contribution in [2.45, 2.75) is 34.6 Å². The van der Waals surface area contributed by atoms with Gasteiger partial charge in [-0.05, 0) is 49.4 Å². The zero-order valence-corrected chi connectivity index (χ0v) is 16.0. The molecule has 0 saturated heterocycles. The first-order valence-corrected chi connectivity index (χ1v) is 8.81. The van der Waals surface area contributed by atoms with Gasteiger partial charge in [0.05, 0.1) is 11.4 Å². The number of H-pyrrole nitrogens is 2. The summed E-state index contributed by atoms with van der Waals surface area (Å²) in [5.74, 6) is 2.36. The second-order valence-corrected chi connectivity index (χ2v) is 4.68. The second kappa shape index (κ2) is 11.6. The first-order chi connectivity index (χ1) is 12.7. The first-order valence-electron chi connectivity index (χ1n) is 8.81. The number of aromatic amines is 2. The van der Waals surface area contributed by atoms with Crippen molar-refractivity contribution in [3.8, 4) is 22.9 Å². The lowest BCUT2D eigenvalue weighted by Crippen LogP contribution is -1.69. The van der Waals surface area contributed by atoms with Gasteiger partial charge in [0.1, 0.15) is 11.5 Å². The Kier molecular flexibility index (Phi) is 9.39. The minimum absolute atomic E-state index is 0.521. The molecule has 4 heterocycles. The fraction of sp³-hybridized carbons (Fsp3) is 0.238. The van der Waals surface area contributed by atoms with Crippen LogP contribution in [-0.2, 0) is 0 Å². The summed E-state index contributed by atoms with van der Waals surface area (Å²) in [5, 5.41) is 0. The molecule has 0 bridgehead atoms. The van der Waals surface area contributed by atoms with Crippen molar-refractivity contribution in [3.05, 3.63) is 72.7 Å².